The highest BCUT2D eigenvalue weighted by molar-refractivity contribution is 5.51. The minimum Gasteiger partial charge on any atom is -0.419 e. The van der Waals surface area contributed by atoms with Gasteiger partial charge in [-0.05, 0) is 56.3 Å². The van der Waals surface area contributed by atoms with Gasteiger partial charge in [-0.25, -0.2) is 4.39 Å². The van der Waals surface area contributed by atoms with Crippen LogP contribution in [0.25, 0.3) is 11.5 Å². The van der Waals surface area contributed by atoms with E-state index in [9.17, 15) is 4.39 Å². The zero-order chi connectivity index (χ0) is 17.2. The fraction of sp³-hybridized carbons (Fsp3) is 0.389. The summed E-state index contributed by atoms with van der Waals surface area (Å²) < 4.78 is 20.7. The van der Waals surface area contributed by atoms with Crippen LogP contribution in [-0.4, -0.2) is 38.0 Å². The van der Waals surface area contributed by atoms with E-state index < -0.39 is 0 Å². The van der Waals surface area contributed by atoms with E-state index in [0.29, 0.717) is 24.2 Å². The lowest BCUT2D eigenvalue weighted by molar-refractivity contribution is 0.185. The molecule has 0 N–H and O–H groups in total. The fourth-order valence-corrected chi connectivity index (χ4v) is 3.39. The predicted molar refractivity (Wildman–Crippen MR) is 90.2 cm³/mol. The van der Waals surface area contributed by atoms with Gasteiger partial charge in [0.1, 0.15) is 5.82 Å². The first-order valence-corrected chi connectivity index (χ1v) is 8.47. The zero-order valence-corrected chi connectivity index (χ0v) is 14.1. The van der Waals surface area contributed by atoms with E-state index in [-0.39, 0.29) is 5.82 Å². The highest BCUT2D eigenvalue weighted by Crippen LogP contribution is 2.28. The maximum Gasteiger partial charge on any atom is 0.247 e. The van der Waals surface area contributed by atoms with Crippen LogP contribution in [0.5, 0.6) is 0 Å². The monoisotopic (exact) mass is 341 g/mol. The largest absolute Gasteiger partial charge is 0.419 e. The molecule has 0 unspecified atom stereocenters. The standard InChI is InChI=1S/C18H20FN5O/c1-23-16(6-9-20-23)13-7-10-24(11-8-13)12-17-21-22-18(25-17)14-2-4-15(19)5-3-14/h2-6,9,13H,7-8,10-12H2,1H3. The number of halogens is 1. The van der Waals surface area contributed by atoms with Crippen molar-refractivity contribution in [2.75, 3.05) is 13.1 Å². The van der Waals surface area contributed by atoms with E-state index in [2.05, 4.69) is 26.3 Å². The van der Waals surface area contributed by atoms with Crippen molar-refractivity contribution in [1.29, 1.82) is 0 Å². The molecule has 25 heavy (non-hydrogen) atoms. The summed E-state index contributed by atoms with van der Waals surface area (Å²) in [7, 11) is 2.00. The molecule has 0 atom stereocenters. The van der Waals surface area contributed by atoms with Crippen LogP contribution in [0.15, 0.2) is 40.9 Å². The second kappa shape index (κ2) is 6.76. The van der Waals surface area contributed by atoms with Gasteiger partial charge >= 0.3 is 0 Å². The Labute approximate surface area is 145 Å². The van der Waals surface area contributed by atoms with Crippen molar-refractivity contribution in [3.05, 3.63) is 53.9 Å². The molecular formula is C18H20FN5O. The van der Waals surface area contributed by atoms with Crippen molar-refractivity contribution >= 4 is 0 Å². The molecule has 3 heterocycles. The quantitative estimate of drug-likeness (QED) is 0.730. The second-order valence-corrected chi connectivity index (χ2v) is 6.44. The van der Waals surface area contributed by atoms with Gasteiger partial charge in [0.2, 0.25) is 11.8 Å². The Morgan fingerprint density at radius 2 is 1.88 bits per heavy atom. The lowest BCUT2D eigenvalue weighted by Gasteiger charge is -2.30. The highest BCUT2D eigenvalue weighted by Gasteiger charge is 2.23. The first-order chi connectivity index (χ1) is 12.2. The smallest absolute Gasteiger partial charge is 0.247 e. The molecule has 0 radical (unpaired) electrons. The van der Waals surface area contributed by atoms with Crippen molar-refractivity contribution in [3.63, 3.8) is 0 Å². The van der Waals surface area contributed by atoms with E-state index in [4.69, 9.17) is 4.42 Å². The Kier molecular flexibility index (Phi) is 4.31. The molecule has 7 heteroatoms. The van der Waals surface area contributed by atoms with Gasteiger partial charge in [0.15, 0.2) is 0 Å². The molecule has 0 amide bonds. The molecule has 0 saturated carbocycles. The Morgan fingerprint density at radius 3 is 2.56 bits per heavy atom. The van der Waals surface area contributed by atoms with Crippen molar-refractivity contribution in [1.82, 2.24) is 24.9 Å². The summed E-state index contributed by atoms with van der Waals surface area (Å²) in [6, 6.07) is 8.18. The third-order valence-corrected chi connectivity index (χ3v) is 4.78. The van der Waals surface area contributed by atoms with E-state index in [1.165, 1.54) is 17.8 Å². The number of likely N-dealkylation sites (tertiary alicyclic amines) is 1. The van der Waals surface area contributed by atoms with Crippen molar-refractivity contribution < 1.29 is 8.81 Å². The van der Waals surface area contributed by atoms with Crippen LogP contribution in [0, 0.1) is 5.82 Å². The van der Waals surface area contributed by atoms with Crippen molar-refractivity contribution in [3.8, 4) is 11.5 Å². The Hall–Kier alpha value is -2.54. The van der Waals surface area contributed by atoms with Gasteiger partial charge in [-0.15, -0.1) is 10.2 Å². The Morgan fingerprint density at radius 1 is 1.12 bits per heavy atom. The lowest BCUT2D eigenvalue weighted by Crippen LogP contribution is -2.33. The molecule has 1 aliphatic heterocycles. The summed E-state index contributed by atoms with van der Waals surface area (Å²) in [5, 5.41) is 12.5. The first-order valence-electron chi connectivity index (χ1n) is 8.47. The molecule has 0 spiro atoms. The number of rotatable bonds is 4. The molecule has 3 aromatic rings. The molecule has 6 nitrogen and oxygen atoms in total. The minimum absolute atomic E-state index is 0.278. The molecule has 4 rings (SSSR count). The molecule has 0 bridgehead atoms. The van der Waals surface area contributed by atoms with Crippen LogP contribution in [-0.2, 0) is 13.6 Å². The minimum atomic E-state index is -0.278. The SMILES string of the molecule is Cn1nccc1C1CCN(Cc2nnc(-c3ccc(F)cc3)o2)CC1. The van der Waals surface area contributed by atoms with Gasteiger partial charge in [0.05, 0.1) is 6.54 Å². The van der Waals surface area contributed by atoms with Crippen molar-refractivity contribution in [2.45, 2.75) is 25.3 Å². The number of hydrogen-bond donors (Lipinski definition) is 0. The normalized spacial score (nSPS) is 16.4. The zero-order valence-electron chi connectivity index (χ0n) is 14.1. The third-order valence-electron chi connectivity index (χ3n) is 4.78. The Balaban J connectivity index is 1.36. The van der Waals surface area contributed by atoms with Crippen LogP contribution in [0.1, 0.15) is 30.3 Å². The molecule has 0 aliphatic carbocycles. The summed E-state index contributed by atoms with van der Waals surface area (Å²) in [6.07, 6.45) is 4.05. The maximum absolute atomic E-state index is 13.0. The van der Waals surface area contributed by atoms with E-state index in [1.807, 2.05) is 17.9 Å². The third kappa shape index (κ3) is 3.46. The fourth-order valence-electron chi connectivity index (χ4n) is 3.39. The molecule has 130 valence electrons. The van der Waals surface area contributed by atoms with E-state index >= 15 is 0 Å². The van der Waals surface area contributed by atoms with Gasteiger partial charge in [-0.2, -0.15) is 5.10 Å². The summed E-state index contributed by atoms with van der Waals surface area (Å²) in [6.45, 7) is 2.63. The van der Waals surface area contributed by atoms with Gasteiger partial charge < -0.3 is 4.42 Å². The molecule has 1 saturated heterocycles. The average molecular weight is 341 g/mol. The van der Waals surface area contributed by atoms with Crippen LogP contribution >= 0.6 is 0 Å². The van der Waals surface area contributed by atoms with Crippen molar-refractivity contribution in [2.24, 2.45) is 7.05 Å². The highest BCUT2D eigenvalue weighted by atomic mass is 19.1. The molecule has 1 aliphatic rings. The summed E-state index contributed by atoms with van der Waals surface area (Å²) in [5.41, 5.74) is 2.03. The van der Waals surface area contributed by atoms with E-state index in [0.717, 1.165) is 31.5 Å². The van der Waals surface area contributed by atoms with E-state index in [1.54, 1.807) is 12.1 Å². The summed E-state index contributed by atoms with van der Waals surface area (Å²) in [4.78, 5) is 2.33. The first kappa shape index (κ1) is 16.0. The number of nitrogens with zero attached hydrogens (tertiary/aromatic N) is 5. The number of aryl methyl sites for hydroxylation is 1. The Bertz CT molecular complexity index is 833. The van der Waals surface area contributed by atoms with Gasteiger partial charge in [-0.3, -0.25) is 9.58 Å². The predicted octanol–water partition coefficient (Wildman–Crippen LogP) is 2.99. The summed E-state index contributed by atoms with van der Waals surface area (Å²) in [5.74, 6) is 1.30. The van der Waals surface area contributed by atoms with Crippen LogP contribution in [0.2, 0.25) is 0 Å². The topological polar surface area (TPSA) is 60.0 Å². The van der Waals surface area contributed by atoms with Crippen LogP contribution < -0.4 is 0 Å². The molecule has 1 aromatic carbocycles. The number of hydrogen-bond acceptors (Lipinski definition) is 5. The molecule has 1 fully saturated rings. The second-order valence-electron chi connectivity index (χ2n) is 6.44. The van der Waals surface area contributed by atoms with Gasteiger partial charge in [-0.1, -0.05) is 0 Å². The maximum atomic E-state index is 13.0. The lowest BCUT2D eigenvalue weighted by atomic mass is 9.93. The number of aromatic nitrogens is 4. The van der Waals surface area contributed by atoms with Gasteiger partial charge in [0, 0.05) is 30.4 Å². The number of benzene rings is 1. The van der Waals surface area contributed by atoms with Crippen LogP contribution in [0.3, 0.4) is 0 Å². The van der Waals surface area contributed by atoms with Crippen LogP contribution in [0.4, 0.5) is 4.39 Å². The molecular weight excluding hydrogens is 321 g/mol. The van der Waals surface area contributed by atoms with Gasteiger partial charge in [0.25, 0.3) is 0 Å². The molecule has 2 aromatic heterocycles. The average Bonchev–Trinajstić information content (AvgIpc) is 3.26. The summed E-state index contributed by atoms with van der Waals surface area (Å²) >= 11 is 0. The number of piperidine rings is 1.